The summed E-state index contributed by atoms with van der Waals surface area (Å²) in [6.45, 7) is 2.18. The first-order valence-electron chi connectivity index (χ1n) is 6.18. The Bertz CT molecular complexity index is 321. The molecule has 0 aromatic carbocycles. The molecule has 0 unspecified atom stereocenters. The predicted octanol–water partition coefficient (Wildman–Crippen LogP) is 2.08. The highest BCUT2D eigenvalue weighted by Crippen LogP contribution is 2.32. The van der Waals surface area contributed by atoms with Crippen molar-refractivity contribution in [2.75, 3.05) is 13.1 Å². The lowest BCUT2D eigenvalue weighted by molar-refractivity contribution is 0.317. The fourth-order valence-corrected chi connectivity index (χ4v) is 2.66. The normalized spacial score (nSPS) is 24.0. The van der Waals surface area contributed by atoms with Gasteiger partial charge in [-0.25, -0.2) is 0 Å². The van der Waals surface area contributed by atoms with Gasteiger partial charge in [0.15, 0.2) is 0 Å². The summed E-state index contributed by atoms with van der Waals surface area (Å²) in [6, 6.07) is 0.613. The van der Waals surface area contributed by atoms with E-state index in [0.29, 0.717) is 6.04 Å². The summed E-state index contributed by atoms with van der Waals surface area (Å²) in [4.78, 5) is 0. The molecule has 1 saturated carbocycles. The van der Waals surface area contributed by atoms with E-state index < -0.39 is 0 Å². The van der Waals surface area contributed by atoms with E-state index in [1.165, 1.54) is 37.7 Å². The molecule has 1 saturated heterocycles. The lowest BCUT2D eigenvalue weighted by Crippen LogP contribution is -2.43. The van der Waals surface area contributed by atoms with Gasteiger partial charge in [0.05, 0.1) is 12.2 Å². The molecule has 1 aliphatic carbocycles. The molecule has 1 aromatic rings. The van der Waals surface area contributed by atoms with Gasteiger partial charge in [-0.2, -0.15) is 5.10 Å². The topological polar surface area (TPSA) is 29.9 Å². The lowest BCUT2D eigenvalue weighted by atomic mass is 9.85. The maximum Gasteiger partial charge on any atom is 0.0767 e. The molecule has 3 heteroatoms. The highest BCUT2D eigenvalue weighted by molar-refractivity contribution is 5.12. The number of hydrogen-bond acceptors (Lipinski definition) is 2. The van der Waals surface area contributed by atoms with Crippen molar-refractivity contribution in [3.8, 4) is 0 Å². The van der Waals surface area contributed by atoms with Gasteiger partial charge in [-0.05, 0) is 24.3 Å². The van der Waals surface area contributed by atoms with Crippen molar-refractivity contribution in [2.24, 2.45) is 0 Å². The number of aromatic nitrogens is 2. The molecule has 0 radical (unpaired) electrons. The van der Waals surface area contributed by atoms with Crippen LogP contribution in [0.4, 0.5) is 0 Å². The van der Waals surface area contributed by atoms with E-state index in [2.05, 4.69) is 27.5 Å². The quantitative estimate of drug-likeness (QED) is 0.801. The van der Waals surface area contributed by atoms with Crippen LogP contribution in [0.5, 0.6) is 0 Å². The van der Waals surface area contributed by atoms with Crippen molar-refractivity contribution < 1.29 is 0 Å². The van der Waals surface area contributed by atoms with E-state index in [0.717, 1.165) is 19.0 Å². The molecule has 2 heterocycles. The minimum absolute atomic E-state index is 0.613. The third-order valence-electron chi connectivity index (χ3n) is 3.83. The van der Waals surface area contributed by atoms with E-state index >= 15 is 0 Å². The van der Waals surface area contributed by atoms with Gasteiger partial charge in [-0.15, -0.1) is 0 Å². The van der Waals surface area contributed by atoms with Crippen molar-refractivity contribution in [1.29, 1.82) is 0 Å². The van der Waals surface area contributed by atoms with Crippen LogP contribution in [0, 0.1) is 0 Å². The third kappa shape index (κ3) is 1.81. The molecule has 0 atom stereocenters. The summed E-state index contributed by atoms with van der Waals surface area (Å²) in [6.07, 6.45) is 11.3. The molecule has 1 aliphatic heterocycles. The zero-order valence-electron chi connectivity index (χ0n) is 9.15. The Hall–Kier alpha value is -0.830. The predicted molar refractivity (Wildman–Crippen MR) is 60.0 cm³/mol. The number of hydrogen-bond donors (Lipinski definition) is 1. The van der Waals surface area contributed by atoms with Gasteiger partial charge in [0.2, 0.25) is 0 Å². The van der Waals surface area contributed by atoms with Gasteiger partial charge in [-0.1, -0.05) is 19.3 Å². The van der Waals surface area contributed by atoms with Crippen LogP contribution in [0.1, 0.15) is 49.6 Å². The Morgan fingerprint density at radius 2 is 2.00 bits per heavy atom. The largest absolute Gasteiger partial charge is 0.312 e. The Kier molecular flexibility index (Phi) is 2.49. The second-order valence-electron chi connectivity index (χ2n) is 4.90. The number of nitrogens with zero attached hydrogens (tertiary/aromatic N) is 2. The van der Waals surface area contributed by atoms with E-state index in [1.807, 2.05) is 0 Å². The summed E-state index contributed by atoms with van der Waals surface area (Å²) in [5, 5.41) is 7.78. The monoisotopic (exact) mass is 205 g/mol. The molecule has 82 valence electrons. The molecule has 15 heavy (non-hydrogen) atoms. The average Bonchev–Trinajstić information content (AvgIpc) is 2.66. The summed E-state index contributed by atoms with van der Waals surface area (Å²) in [7, 11) is 0. The zero-order valence-corrected chi connectivity index (χ0v) is 9.15. The molecular formula is C12H19N3. The molecule has 0 bridgehead atoms. The van der Waals surface area contributed by atoms with Crippen molar-refractivity contribution >= 4 is 0 Å². The van der Waals surface area contributed by atoms with Gasteiger partial charge in [0.1, 0.15) is 0 Å². The van der Waals surface area contributed by atoms with Crippen molar-refractivity contribution in [3.05, 3.63) is 18.0 Å². The molecule has 0 spiro atoms. The Balaban J connectivity index is 1.71. The molecule has 1 aromatic heterocycles. The second kappa shape index (κ2) is 3.97. The van der Waals surface area contributed by atoms with E-state index in [1.54, 1.807) is 0 Å². The molecular weight excluding hydrogens is 186 g/mol. The molecule has 1 N–H and O–H groups in total. The van der Waals surface area contributed by atoms with Gasteiger partial charge in [-0.3, -0.25) is 4.68 Å². The average molecular weight is 205 g/mol. The second-order valence-corrected chi connectivity index (χ2v) is 4.90. The standard InChI is InChI=1S/C12H19N3/c1-2-4-10(5-3-1)11-6-14-15(9-11)12-7-13-8-12/h6,9-10,12-13H,1-5,7-8H2. The summed E-state index contributed by atoms with van der Waals surface area (Å²) >= 11 is 0. The van der Waals surface area contributed by atoms with Crippen LogP contribution < -0.4 is 5.32 Å². The summed E-state index contributed by atoms with van der Waals surface area (Å²) < 4.78 is 2.15. The molecule has 3 rings (SSSR count). The van der Waals surface area contributed by atoms with Gasteiger partial charge in [0, 0.05) is 19.3 Å². The van der Waals surface area contributed by atoms with Gasteiger partial charge in [0.25, 0.3) is 0 Å². The van der Waals surface area contributed by atoms with Crippen LogP contribution in [0.25, 0.3) is 0 Å². The molecule has 2 aliphatic rings. The number of nitrogens with one attached hydrogen (secondary N) is 1. The van der Waals surface area contributed by atoms with E-state index in [4.69, 9.17) is 0 Å². The zero-order chi connectivity index (χ0) is 10.1. The smallest absolute Gasteiger partial charge is 0.0767 e. The Labute approximate surface area is 90.9 Å². The van der Waals surface area contributed by atoms with E-state index in [-0.39, 0.29) is 0 Å². The first-order valence-corrected chi connectivity index (χ1v) is 6.18. The van der Waals surface area contributed by atoms with Gasteiger partial charge < -0.3 is 5.32 Å². The van der Waals surface area contributed by atoms with Crippen molar-refractivity contribution in [3.63, 3.8) is 0 Å². The van der Waals surface area contributed by atoms with E-state index in [9.17, 15) is 0 Å². The molecule has 3 nitrogen and oxygen atoms in total. The Morgan fingerprint density at radius 1 is 1.20 bits per heavy atom. The fraction of sp³-hybridized carbons (Fsp3) is 0.750. The van der Waals surface area contributed by atoms with Crippen LogP contribution in [0.2, 0.25) is 0 Å². The van der Waals surface area contributed by atoms with Gasteiger partial charge >= 0.3 is 0 Å². The maximum atomic E-state index is 4.49. The molecule has 0 amide bonds. The first kappa shape index (κ1) is 9.40. The highest BCUT2D eigenvalue weighted by atomic mass is 15.3. The minimum Gasteiger partial charge on any atom is -0.312 e. The van der Waals surface area contributed by atoms with Crippen LogP contribution in [-0.2, 0) is 0 Å². The molecule has 2 fully saturated rings. The summed E-state index contributed by atoms with van der Waals surface area (Å²) in [5.74, 6) is 0.792. The summed E-state index contributed by atoms with van der Waals surface area (Å²) in [5.41, 5.74) is 1.47. The van der Waals surface area contributed by atoms with Crippen molar-refractivity contribution in [2.45, 2.75) is 44.1 Å². The third-order valence-corrected chi connectivity index (χ3v) is 3.83. The Morgan fingerprint density at radius 3 is 2.67 bits per heavy atom. The maximum absolute atomic E-state index is 4.49. The number of rotatable bonds is 2. The first-order chi connectivity index (χ1) is 7.43. The SMILES string of the molecule is c1nn(C2CNC2)cc1C1CCCCC1. The minimum atomic E-state index is 0.613. The lowest BCUT2D eigenvalue weighted by Gasteiger charge is -2.27. The fourth-order valence-electron chi connectivity index (χ4n) is 2.66. The van der Waals surface area contributed by atoms with Crippen LogP contribution in [-0.4, -0.2) is 22.9 Å². The van der Waals surface area contributed by atoms with Crippen LogP contribution in [0.3, 0.4) is 0 Å². The highest BCUT2D eigenvalue weighted by Gasteiger charge is 2.22. The van der Waals surface area contributed by atoms with Crippen molar-refractivity contribution in [1.82, 2.24) is 15.1 Å². The van der Waals surface area contributed by atoms with Crippen LogP contribution >= 0.6 is 0 Å². The van der Waals surface area contributed by atoms with Crippen LogP contribution in [0.15, 0.2) is 12.4 Å².